The van der Waals surface area contributed by atoms with Gasteiger partial charge in [0.1, 0.15) is 0 Å². The van der Waals surface area contributed by atoms with Crippen LogP contribution >= 0.6 is 43.2 Å². The molecule has 2 rings (SSSR count). The van der Waals surface area contributed by atoms with Crippen molar-refractivity contribution in [2.45, 2.75) is 6.92 Å². The van der Waals surface area contributed by atoms with E-state index in [1.54, 1.807) is 11.3 Å². The van der Waals surface area contributed by atoms with Gasteiger partial charge in [-0.15, -0.1) is 11.3 Å². The van der Waals surface area contributed by atoms with Crippen molar-refractivity contribution < 1.29 is 0 Å². The van der Waals surface area contributed by atoms with Gasteiger partial charge in [-0.3, -0.25) is 0 Å². The first-order valence-electron chi connectivity index (χ1n) is 4.04. The molecule has 0 fully saturated rings. The summed E-state index contributed by atoms with van der Waals surface area (Å²) in [4.78, 5) is 4.38. The highest BCUT2D eigenvalue weighted by molar-refractivity contribution is 9.11. The fraction of sp³-hybridized carbons (Fsp3) is 0.100. The van der Waals surface area contributed by atoms with Crippen molar-refractivity contribution in [1.29, 1.82) is 0 Å². The van der Waals surface area contributed by atoms with Crippen molar-refractivity contribution in [2.24, 2.45) is 0 Å². The maximum atomic E-state index is 4.38. The van der Waals surface area contributed by atoms with Crippen LogP contribution in [0.15, 0.2) is 32.0 Å². The lowest BCUT2D eigenvalue weighted by Crippen LogP contribution is -1.80. The van der Waals surface area contributed by atoms with Crippen LogP contribution in [0.2, 0.25) is 0 Å². The lowest BCUT2D eigenvalue weighted by Gasteiger charge is -2.00. The lowest BCUT2D eigenvalue weighted by molar-refractivity contribution is 1.35. The molecular weight excluding hydrogens is 326 g/mol. The first kappa shape index (κ1) is 10.3. The molecule has 0 amide bonds. The summed E-state index contributed by atoms with van der Waals surface area (Å²) in [7, 11) is 0. The molecule has 0 aliphatic rings. The van der Waals surface area contributed by atoms with Crippen LogP contribution < -0.4 is 0 Å². The molecule has 72 valence electrons. The van der Waals surface area contributed by atoms with E-state index in [9.17, 15) is 0 Å². The van der Waals surface area contributed by atoms with Gasteiger partial charge in [-0.25, -0.2) is 4.98 Å². The second-order valence-electron chi connectivity index (χ2n) is 3.00. The Bertz CT molecular complexity index is 445. The van der Waals surface area contributed by atoms with Crippen LogP contribution in [0.1, 0.15) is 5.56 Å². The van der Waals surface area contributed by atoms with Gasteiger partial charge in [-0.2, -0.15) is 0 Å². The number of benzene rings is 1. The van der Waals surface area contributed by atoms with Gasteiger partial charge in [0.15, 0.2) is 3.92 Å². The minimum Gasteiger partial charge on any atom is -0.229 e. The molecule has 4 heteroatoms. The number of nitrogens with zero attached hydrogens (tertiary/aromatic N) is 1. The van der Waals surface area contributed by atoms with E-state index in [-0.39, 0.29) is 0 Å². The monoisotopic (exact) mass is 331 g/mol. The van der Waals surface area contributed by atoms with Gasteiger partial charge in [0.05, 0.1) is 5.69 Å². The van der Waals surface area contributed by atoms with Crippen molar-refractivity contribution in [3.8, 4) is 11.3 Å². The molecule has 1 aromatic heterocycles. The molecule has 0 spiro atoms. The maximum absolute atomic E-state index is 4.38. The Balaban J connectivity index is 2.51. The predicted octanol–water partition coefficient (Wildman–Crippen LogP) is 4.64. The van der Waals surface area contributed by atoms with Crippen LogP contribution in [0.3, 0.4) is 0 Å². The van der Waals surface area contributed by atoms with Crippen LogP contribution in [-0.2, 0) is 0 Å². The van der Waals surface area contributed by atoms with E-state index in [4.69, 9.17) is 0 Å². The van der Waals surface area contributed by atoms with Crippen molar-refractivity contribution in [3.05, 3.63) is 37.5 Å². The van der Waals surface area contributed by atoms with E-state index in [1.165, 1.54) is 5.56 Å². The van der Waals surface area contributed by atoms with E-state index < -0.39 is 0 Å². The molecule has 0 aliphatic carbocycles. The molecule has 14 heavy (non-hydrogen) atoms. The molecule has 0 saturated heterocycles. The number of halogens is 2. The smallest absolute Gasteiger partial charge is 0.159 e. The summed E-state index contributed by atoms with van der Waals surface area (Å²) in [5, 5.41) is 2.05. The molecule has 1 aromatic carbocycles. The zero-order valence-corrected chi connectivity index (χ0v) is 11.4. The number of thiazole rings is 1. The summed E-state index contributed by atoms with van der Waals surface area (Å²) >= 11 is 8.44. The molecule has 0 atom stereocenters. The number of aromatic nitrogens is 1. The van der Waals surface area contributed by atoms with Gasteiger partial charge >= 0.3 is 0 Å². The van der Waals surface area contributed by atoms with Crippen LogP contribution in [0, 0.1) is 6.92 Å². The van der Waals surface area contributed by atoms with Crippen LogP contribution in [-0.4, -0.2) is 4.98 Å². The van der Waals surface area contributed by atoms with Gasteiger partial charge < -0.3 is 0 Å². The standard InChI is InChI=1S/C10H7Br2NS/c1-6-2-7(4-8(11)3-6)9-5-14-10(12)13-9/h2-5H,1H3. The van der Waals surface area contributed by atoms with Gasteiger partial charge in [0.25, 0.3) is 0 Å². The fourth-order valence-electron chi connectivity index (χ4n) is 1.27. The van der Waals surface area contributed by atoms with E-state index in [0.29, 0.717) is 0 Å². The Morgan fingerprint density at radius 2 is 2.00 bits per heavy atom. The topological polar surface area (TPSA) is 12.9 Å². The summed E-state index contributed by atoms with van der Waals surface area (Å²) in [6.45, 7) is 2.08. The number of rotatable bonds is 1. The summed E-state index contributed by atoms with van der Waals surface area (Å²) in [5.74, 6) is 0. The Kier molecular flexibility index (Phi) is 3.04. The molecule has 0 unspecified atom stereocenters. The second-order valence-corrected chi connectivity index (χ2v) is 6.05. The Morgan fingerprint density at radius 3 is 2.57 bits per heavy atom. The lowest BCUT2D eigenvalue weighted by atomic mass is 10.1. The van der Waals surface area contributed by atoms with E-state index in [0.717, 1.165) is 19.6 Å². The molecule has 0 N–H and O–H groups in total. The second kappa shape index (κ2) is 4.13. The fourth-order valence-corrected chi connectivity index (χ4v) is 2.90. The van der Waals surface area contributed by atoms with Crippen LogP contribution in [0.4, 0.5) is 0 Å². The minimum atomic E-state index is 0.921. The van der Waals surface area contributed by atoms with Gasteiger partial charge in [-0.1, -0.05) is 15.9 Å². The van der Waals surface area contributed by atoms with Crippen LogP contribution in [0.25, 0.3) is 11.3 Å². The van der Waals surface area contributed by atoms with Crippen molar-refractivity contribution >= 4 is 43.2 Å². The number of aryl methyl sites for hydroxylation is 1. The van der Waals surface area contributed by atoms with E-state index >= 15 is 0 Å². The number of hydrogen-bond donors (Lipinski definition) is 0. The highest BCUT2D eigenvalue weighted by Gasteiger charge is 2.03. The summed E-state index contributed by atoms with van der Waals surface area (Å²) in [6.07, 6.45) is 0. The molecule has 1 nitrogen and oxygen atoms in total. The molecule has 0 aliphatic heterocycles. The molecular formula is C10H7Br2NS. The third-order valence-corrected chi connectivity index (χ3v) is 3.64. The summed E-state index contributed by atoms with van der Waals surface area (Å²) < 4.78 is 2.02. The maximum Gasteiger partial charge on any atom is 0.159 e. The SMILES string of the molecule is Cc1cc(Br)cc(-c2csc(Br)n2)c1. The normalized spacial score (nSPS) is 10.5. The summed E-state index contributed by atoms with van der Waals surface area (Å²) in [5.41, 5.74) is 3.41. The zero-order valence-electron chi connectivity index (χ0n) is 7.42. The third kappa shape index (κ3) is 2.24. The van der Waals surface area contributed by atoms with Gasteiger partial charge in [0.2, 0.25) is 0 Å². The average Bonchev–Trinajstić information content (AvgIpc) is 2.50. The highest BCUT2D eigenvalue weighted by atomic mass is 79.9. The zero-order chi connectivity index (χ0) is 10.1. The first-order valence-corrected chi connectivity index (χ1v) is 6.50. The van der Waals surface area contributed by atoms with Crippen molar-refractivity contribution in [3.63, 3.8) is 0 Å². The average molecular weight is 333 g/mol. The van der Waals surface area contributed by atoms with E-state index in [2.05, 4.69) is 62.0 Å². The van der Waals surface area contributed by atoms with Gasteiger partial charge in [-0.05, 0) is 46.6 Å². The quantitative estimate of drug-likeness (QED) is 0.741. The largest absolute Gasteiger partial charge is 0.229 e. The number of hydrogen-bond acceptors (Lipinski definition) is 2. The molecule has 1 heterocycles. The Hall–Kier alpha value is -0.190. The highest BCUT2D eigenvalue weighted by Crippen LogP contribution is 2.27. The molecule has 0 saturated carbocycles. The van der Waals surface area contributed by atoms with Crippen LogP contribution in [0.5, 0.6) is 0 Å². The third-order valence-electron chi connectivity index (χ3n) is 1.81. The predicted molar refractivity (Wildman–Crippen MR) is 67.7 cm³/mol. The Morgan fingerprint density at radius 1 is 1.21 bits per heavy atom. The summed E-state index contributed by atoms with van der Waals surface area (Å²) in [6, 6.07) is 6.30. The molecule has 0 bridgehead atoms. The Labute approximate surface area is 103 Å². The van der Waals surface area contributed by atoms with E-state index in [1.807, 2.05) is 5.38 Å². The molecule has 2 aromatic rings. The first-order chi connectivity index (χ1) is 6.65. The van der Waals surface area contributed by atoms with Crippen molar-refractivity contribution in [2.75, 3.05) is 0 Å². The van der Waals surface area contributed by atoms with Gasteiger partial charge in [0, 0.05) is 15.4 Å². The van der Waals surface area contributed by atoms with Crippen molar-refractivity contribution in [1.82, 2.24) is 4.98 Å². The minimum absolute atomic E-state index is 0.921. The molecule has 0 radical (unpaired) electrons.